The summed E-state index contributed by atoms with van der Waals surface area (Å²) in [5, 5.41) is 12.7. The van der Waals surface area contributed by atoms with Crippen LogP contribution in [0, 0.1) is 5.92 Å². The van der Waals surface area contributed by atoms with E-state index in [4.69, 9.17) is 4.74 Å². The maximum absolute atomic E-state index is 12.7. The first-order chi connectivity index (χ1) is 14.7. The monoisotopic (exact) mass is 432 g/mol. The fourth-order valence-corrected chi connectivity index (χ4v) is 3.07. The van der Waals surface area contributed by atoms with E-state index >= 15 is 0 Å². The van der Waals surface area contributed by atoms with Crippen LogP contribution in [0.2, 0.25) is 0 Å². The Balaban J connectivity index is 1.84. The molecule has 1 aromatic heterocycles. The van der Waals surface area contributed by atoms with E-state index in [9.17, 15) is 18.0 Å². The Labute approximate surface area is 177 Å². The minimum atomic E-state index is -4.44. The Kier molecular flexibility index (Phi) is 6.53. The molecule has 3 N–H and O–H groups in total. The minimum absolute atomic E-state index is 0.238. The van der Waals surface area contributed by atoms with Crippen molar-refractivity contribution in [1.82, 2.24) is 10.2 Å². The van der Waals surface area contributed by atoms with Crippen LogP contribution >= 0.6 is 0 Å². The zero-order valence-electron chi connectivity index (χ0n) is 17.3. The van der Waals surface area contributed by atoms with E-state index in [0.717, 1.165) is 23.4 Å². The molecule has 3 aromatic rings. The fraction of sp³-hybridized carbons (Fsp3) is 0.273. The van der Waals surface area contributed by atoms with Crippen LogP contribution in [0.4, 0.5) is 29.3 Å². The van der Waals surface area contributed by atoms with E-state index in [0.29, 0.717) is 29.5 Å². The highest BCUT2D eigenvalue weighted by Crippen LogP contribution is 2.33. The van der Waals surface area contributed by atoms with Crippen LogP contribution in [0.1, 0.15) is 25.1 Å². The lowest BCUT2D eigenvalue weighted by Gasteiger charge is -2.12. The number of anilines is 2. The lowest BCUT2D eigenvalue weighted by Crippen LogP contribution is -2.20. The van der Waals surface area contributed by atoms with Crippen molar-refractivity contribution in [3.05, 3.63) is 59.8 Å². The number of hydrogen-bond donors (Lipinski definition) is 3. The first-order valence-corrected chi connectivity index (χ1v) is 9.64. The van der Waals surface area contributed by atoms with Crippen molar-refractivity contribution in [2.24, 2.45) is 5.92 Å². The zero-order valence-corrected chi connectivity index (χ0v) is 17.3. The molecular weight excluding hydrogens is 409 g/mol. The topological polar surface area (TPSA) is 79.0 Å². The van der Waals surface area contributed by atoms with Gasteiger partial charge in [-0.1, -0.05) is 26.0 Å². The van der Waals surface area contributed by atoms with Crippen LogP contribution in [0.25, 0.3) is 11.3 Å². The molecule has 6 nitrogen and oxygen atoms in total. The van der Waals surface area contributed by atoms with Gasteiger partial charge in [0.25, 0.3) is 0 Å². The highest BCUT2D eigenvalue weighted by molar-refractivity contribution is 6.02. The average molecular weight is 432 g/mol. The largest absolute Gasteiger partial charge is 0.497 e. The number of carbonyl (C=O) groups is 1. The van der Waals surface area contributed by atoms with Crippen LogP contribution in [0.3, 0.4) is 0 Å². The maximum Gasteiger partial charge on any atom is 0.416 e. The summed E-state index contributed by atoms with van der Waals surface area (Å²) < 4.78 is 43.4. The lowest BCUT2D eigenvalue weighted by atomic mass is 10.0. The summed E-state index contributed by atoms with van der Waals surface area (Å²) in [6.07, 6.45) is -3.79. The molecule has 0 radical (unpaired) electrons. The number of halogens is 3. The van der Waals surface area contributed by atoms with Gasteiger partial charge in [0.2, 0.25) is 0 Å². The zero-order chi connectivity index (χ0) is 22.6. The van der Waals surface area contributed by atoms with Gasteiger partial charge >= 0.3 is 12.2 Å². The van der Waals surface area contributed by atoms with Crippen molar-refractivity contribution in [2.75, 3.05) is 17.7 Å². The van der Waals surface area contributed by atoms with Gasteiger partial charge in [-0.15, -0.1) is 0 Å². The number of urea groups is 1. The standard InChI is InChI=1S/C22H23F3N4O2/c1-13(2)11-18-20(19(29-28-18)14-5-4-6-17(12-14)31-3)27-21(30)26-16-9-7-15(8-10-16)22(23,24)25/h4-10,12-13H,11H2,1-3H3,(H,28,29)(H2,26,27,30). The molecule has 0 unspecified atom stereocenters. The third kappa shape index (κ3) is 5.56. The summed E-state index contributed by atoms with van der Waals surface area (Å²) in [4.78, 5) is 12.6. The van der Waals surface area contributed by atoms with Crippen LogP contribution in [0.15, 0.2) is 48.5 Å². The first kappa shape index (κ1) is 22.2. The number of carbonyl (C=O) groups excluding carboxylic acids is 1. The summed E-state index contributed by atoms with van der Waals surface area (Å²) in [6.45, 7) is 4.08. The van der Waals surface area contributed by atoms with Gasteiger partial charge in [0.1, 0.15) is 11.4 Å². The van der Waals surface area contributed by atoms with Crippen LogP contribution in [-0.2, 0) is 12.6 Å². The predicted molar refractivity (Wildman–Crippen MR) is 113 cm³/mol. The third-order valence-corrected chi connectivity index (χ3v) is 4.51. The molecule has 0 saturated carbocycles. The third-order valence-electron chi connectivity index (χ3n) is 4.51. The highest BCUT2D eigenvalue weighted by atomic mass is 19.4. The van der Waals surface area contributed by atoms with Gasteiger partial charge in [-0.3, -0.25) is 5.10 Å². The number of alkyl halides is 3. The second-order valence-corrected chi connectivity index (χ2v) is 7.41. The molecular formula is C22H23F3N4O2. The lowest BCUT2D eigenvalue weighted by molar-refractivity contribution is -0.137. The van der Waals surface area contributed by atoms with Crippen molar-refractivity contribution < 1.29 is 22.7 Å². The summed E-state index contributed by atoms with van der Waals surface area (Å²) in [5.74, 6) is 0.947. The quantitative estimate of drug-likeness (QED) is 0.451. The minimum Gasteiger partial charge on any atom is -0.497 e. The molecule has 2 amide bonds. The molecule has 0 fully saturated rings. The van der Waals surface area contributed by atoms with E-state index in [1.54, 1.807) is 19.2 Å². The van der Waals surface area contributed by atoms with Crippen molar-refractivity contribution in [2.45, 2.75) is 26.4 Å². The molecule has 31 heavy (non-hydrogen) atoms. The number of benzene rings is 2. The SMILES string of the molecule is COc1cccc(-c2n[nH]c(CC(C)C)c2NC(=O)Nc2ccc(C(F)(F)F)cc2)c1. The molecule has 164 valence electrons. The number of aromatic nitrogens is 2. The van der Waals surface area contributed by atoms with Gasteiger partial charge in [-0.25, -0.2) is 4.79 Å². The van der Waals surface area contributed by atoms with E-state index in [2.05, 4.69) is 20.8 Å². The number of aromatic amines is 1. The van der Waals surface area contributed by atoms with Crippen LogP contribution in [0.5, 0.6) is 5.75 Å². The number of amides is 2. The number of H-pyrrole nitrogens is 1. The molecule has 9 heteroatoms. The molecule has 0 saturated heterocycles. The summed E-state index contributed by atoms with van der Waals surface area (Å²) in [5.41, 5.74) is 1.99. The number of hydrogen-bond acceptors (Lipinski definition) is 3. The average Bonchev–Trinajstić information content (AvgIpc) is 3.09. The molecule has 0 spiro atoms. The molecule has 0 aliphatic rings. The second-order valence-electron chi connectivity index (χ2n) is 7.41. The van der Waals surface area contributed by atoms with Crippen LogP contribution in [-0.4, -0.2) is 23.3 Å². The number of ether oxygens (including phenoxy) is 1. The summed E-state index contributed by atoms with van der Waals surface area (Å²) in [6, 6.07) is 10.9. The number of nitrogens with zero attached hydrogens (tertiary/aromatic N) is 1. The van der Waals surface area contributed by atoms with Gasteiger partial charge in [-0.05, 0) is 48.7 Å². The van der Waals surface area contributed by atoms with Gasteiger partial charge < -0.3 is 15.4 Å². The maximum atomic E-state index is 12.7. The molecule has 2 aromatic carbocycles. The van der Waals surface area contributed by atoms with Crippen molar-refractivity contribution >= 4 is 17.4 Å². The molecule has 0 atom stereocenters. The first-order valence-electron chi connectivity index (χ1n) is 9.64. The summed E-state index contributed by atoms with van der Waals surface area (Å²) in [7, 11) is 1.56. The molecule has 1 heterocycles. The Morgan fingerprint density at radius 1 is 1.13 bits per heavy atom. The Bertz CT molecular complexity index is 1040. The fourth-order valence-electron chi connectivity index (χ4n) is 3.07. The highest BCUT2D eigenvalue weighted by Gasteiger charge is 2.30. The van der Waals surface area contributed by atoms with E-state index in [-0.39, 0.29) is 5.69 Å². The second kappa shape index (κ2) is 9.11. The Morgan fingerprint density at radius 3 is 2.45 bits per heavy atom. The number of rotatable bonds is 6. The van der Waals surface area contributed by atoms with Crippen molar-refractivity contribution in [3.8, 4) is 17.0 Å². The van der Waals surface area contributed by atoms with Gasteiger partial charge in [0.15, 0.2) is 0 Å². The van der Waals surface area contributed by atoms with Crippen LogP contribution < -0.4 is 15.4 Å². The van der Waals surface area contributed by atoms with Crippen molar-refractivity contribution in [1.29, 1.82) is 0 Å². The molecule has 0 bridgehead atoms. The smallest absolute Gasteiger partial charge is 0.416 e. The van der Waals surface area contributed by atoms with Crippen molar-refractivity contribution in [3.63, 3.8) is 0 Å². The van der Waals surface area contributed by atoms with Gasteiger partial charge in [0, 0.05) is 11.3 Å². The molecule has 0 aliphatic heterocycles. The normalized spacial score (nSPS) is 11.5. The van der Waals surface area contributed by atoms with E-state index < -0.39 is 17.8 Å². The number of methoxy groups -OCH3 is 1. The van der Waals surface area contributed by atoms with E-state index in [1.165, 1.54) is 12.1 Å². The Morgan fingerprint density at radius 2 is 1.84 bits per heavy atom. The number of nitrogens with one attached hydrogen (secondary N) is 3. The summed E-state index contributed by atoms with van der Waals surface area (Å²) >= 11 is 0. The molecule has 3 rings (SSSR count). The van der Waals surface area contributed by atoms with Gasteiger partial charge in [0.05, 0.1) is 24.1 Å². The molecule has 0 aliphatic carbocycles. The Hall–Kier alpha value is -3.49. The predicted octanol–water partition coefficient (Wildman–Crippen LogP) is 5.95. The van der Waals surface area contributed by atoms with Gasteiger partial charge in [-0.2, -0.15) is 18.3 Å². The van der Waals surface area contributed by atoms with E-state index in [1.807, 2.05) is 26.0 Å².